The third-order valence-electron chi connectivity index (χ3n) is 9.71. The summed E-state index contributed by atoms with van der Waals surface area (Å²) in [7, 11) is 0. The van der Waals surface area contributed by atoms with E-state index in [2.05, 4.69) is 13.8 Å². The summed E-state index contributed by atoms with van der Waals surface area (Å²) in [6.45, 7) is 11.0. The average molecular weight is 553 g/mol. The first-order chi connectivity index (χ1) is 18.8. The summed E-state index contributed by atoms with van der Waals surface area (Å²) in [6, 6.07) is 9.25. The number of fused-ring (bicyclic) bond motifs is 2. The Hall–Kier alpha value is -3.00. The predicted octanol–water partition coefficient (Wildman–Crippen LogP) is 4.38. The van der Waals surface area contributed by atoms with Gasteiger partial charge in [-0.05, 0) is 54.1 Å². The van der Waals surface area contributed by atoms with E-state index in [9.17, 15) is 19.2 Å². The van der Waals surface area contributed by atoms with Crippen LogP contribution in [0.15, 0.2) is 42.0 Å². The molecule has 1 spiro atoms. The van der Waals surface area contributed by atoms with Crippen LogP contribution in [0.4, 0.5) is 0 Å². The van der Waals surface area contributed by atoms with Crippen LogP contribution < -0.4 is 0 Å². The van der Waals surface area contributed by atoms with E-state index in [1.165, 1.54) is 13.8 Å². The van der Waals surface area contributed by atoms with Crippen molar-refractivity contribution >= 4 is 23.7 Å². The SMILES string of the molecule is CC(=O)OC1C2C(OC(=O)Cc3ccccc3)C(C)CC2(OC(C)=O)C(=O)/C(C)=C\C2C(CCC13CO3)C2(C)C. The summed E-state index contributed by atoms with van der Waals surface area (Å²) in [5.41, 5.74) is -1.22. The lowest BCUT2D eigenvalue weighted by molar-refractivity contribution is -0.190. The first-order valence-corrected chi connectivity index (χ1v) is 14.3. The largest absolute Gasteiger partial charge is 0.461 e. The van der Waals surface area contributed by atoms with Gasteiger partial charge in [0.1, 0.15) is 17.8 Å². The highest BCUT2D eigenvalue weighted by Crippen LogP contribution is 2.64. The van der Waals surface area contributed by atoms with Gasteiger partial charge in [-0.15, -0.1) is 0 Å². The molecule has 3 fully saturated rings. The summed E-state index contributed by atoms with van der Waals surface area (Å²) < 4.78 is 24.2. The van der Waals surface area contributed by atoms with Gasteiger partial charge in [0.25, 0.3) is 0 Å². The first-order valence-electron chi connectivity index (χ1n) is 14.3. The maximum absolute atomic E-state index is 14.5. The van der Waals surface area contributed by atoms with Gasteiger partial charge in [-0.1, -0.05) is 57.2 Å². The molecule has 0 amide bonds. The molecule has 0 radical (unpaired) electrons. The van der Waals surface area contributed by atoms with Crippen molar-refractivity contribution in [1.82, 2.24) is 0 Å². The fraction of sp³-hybridized carbons (Fsp3) is 0.625. The molecule has 2 saturated carbocycles. The van der Waals surface area contributed by atoms with Gasteiger partial charge in [0.15, 0.2) is 5.60 Å². The van der Waals surface area contributed by atoms with Gasteiger partial charge in [-0.25, -0.2) is 0 Å². The van der Waals surface area contributed by atoms with Crippen LogP contribution in [0.3, 0.4) is 0 Å². The Labute approximate surface area is 235 Å². The number of esters is 3. The lowest BCUT2D eigenvalue weighted by atomic mass is 9.74. The monoisotopic (exact) mass is 552 g/mol. The molecule has 1 aromatic rings. The van der Waals surface area contributed by atoms with Crippen LogP contribution >= 0.6 is 0 Å². The number of ether oxygens (including phenoxy) is 4. The average Bonchev–Trinajstić information content (AvgIpc) is 3.73. The molecule has 8 unspecified atom stereocenters. The van der Waals surface area contributed by atoms with Gasteiger partial charge >= 0.3 is 17.9 Å². The molecule has 40 heavy (non-hydrogen) atoms. The molecule has 0 bridgehead atoms. The van der Waals surface area contributed by atoms with E-state index in [1.807, 2.05) is 43.3 Å². The van der Waals surface area contributed by atoms with Gasteiger partial charge < -0.3 is 18.9 Å². The fourth-order valence-corrected chi connectivity index (χ4v) is 7.55. The Morgan fingerprint density at radius 2 is 1.73 bits per heavy atom. The third kappa shape index (κ3) is 5.00. The highest BCUT2D eigenvalue weighted by molar-refractivity contribution is 6.03. The second kappa shape index (κ2) is 10.1. The Morgan fingerprint density at radius 1 is 1.05 bits per heavy atom. The van der Waals surface area contributed by atoms with E-state index in [0.29, 0.717) is 24.5 Å². The van der Waals surface area contributed by atoms with E-state index in [0.717, 1.165) is 12.0 Å². The maximum atomic E-state index is 14.5. The molecular weight excluding hydrogens is 512 g/mol. The fourth-order valence-electron chi connectivity index (χ4n) is 7.55. The van der Waals surface area contributed by atoms with Crippen LogP contribution in [0, 0.1) is 29.1 Å². The first kappa shape index (κ1) is 28.5. The van der Waals surface area contributed by atoms with Gasteiger partial charge in [0.2, 0.25) is 5.78 Å². The molecule has 5 rings (SSSR count). The van der Waals surface area contributed by atoms with Crippen LogP contribution in [0.1, 0.15) is 66.4 Å². The topological polar surface area (TPSA) is 108 Å². The van der Waals surface area contributed by atoms with Crippen molar-refractivity contribution in [3.05, 3.63) is 47.5 Å². The normalized spacial score (nSPS) is 39.0. The van der Waals surface area contributed by atoms with Gasteiger partial charge in [-0.2, -0.15) is 0 Å². The Morgan fingerprint density at radius 3 is 2.33 bits per heavy atom. The van der Waals surface area contributed by atoms with Crippen LogP contribution in [0.2, 0.25) is 0 Å². The second-order valence-corrected chi connectivity index (χ2v) is 12.9. The minimum absolute atomic E-state index is 0.0141. The summed E-state index contributed by atoms with van der Waals surface area (Å²) in [4.78, 5) is 52.9. The molecule has 0 aromatic heterocycles. The van der Waals surface area contributed by atoms with Crippen molar-refractivity contribution in [3.63, 3.8) is 0 Å². The Bertz CT molecular complexity index is 1230. The van der Waals surface area contributed by atoms with Crippen molar-refractivity contribution in [2.75, 3.05) is 6.61 Å². The summed E-state index contributed by atoms with van der Waals surface area (Å²) in [5.74, 6) is -2.72. The number of carbonyl (C=O) groups excluding carboxylic acids is 4. The molecule has 216 valence electrons. The molecule has 0 N–H and O–H groups in total. The van der Waals surface area contributed by atoms with Gasteiger partial charge in [0.05, 0.1) is 18.9 Å². The minimum Gasteiger partial charge on any atom is -0.461 e. The molecule has 1 aromatic carbocycles. The smallest absolute Gasteiger partial charge is 0.310 e. The zero-order chi connectivity index (χ0) is 29.0. The summed E-state index contributed by atoms with van der Waals surface area (Å²) in [5, 5.41) is 0. The van der Waals surface area contributed by atoms with Crippen molar-refractivity contribution < 1.29 is 38.1 Å². The standard InChI is InChI=1S/C32H40O8/c1-18-14-24-23(30(24,5)6)12-13-31(17-37-31)29(38-20(3)33)26-27(39-25(35)15-22-10-8-7-9-11-22)19(2)16-32(26,28(18)36)40-21(4)34/h7-11,14,19,23-24,26-27,29H,12-13,15-17H2,1-6H3/b18-14-. The van der Waals surface area contributed by atoms with E-state index in [1.54, 1.807) is 6.92 Å². The van der Waals surface area contributed by atoms with E-state index in [-0.39, 0.29) is 35.9 Å². The molecule has 1 aliphatic heterocycles. The molecule has 8 heteroatoms. The van der Waals surface area contributed by atoms with Gasteiger partial charge in [-0.3, -0.25) is 19.2 Å². The number of hydrogen-bond acceptors (Lipinski definition) is 8. The van der Waals surface area contributed by atoms with Crippen LogP contribution in [-0.4, -0.2) is 53.7 Å². The van der Waals surface area contributed by atoms with E-state index in [4.69, 9.17) is 18.9 Å². The van der Waals surface area contributed by atoms with E-state index < -0.39 is 47.2 Å². The zero-order valence-electron chi connectivity index (χ0n) is 24.2. The highest BCUT2D eigenvalue weighted by atomic mass is 16.6. The lowest BCUT2D eigenvalue weighted by Crippen LogP contribution is -2.58. The van der Waals surface area contributed by atoms with Crippen molar-refractivity contribution in [2.24, 2.45) is 29.1 Å². The number of Topliss-reactive ketones (excluding diaryl/α,β-unsaturated/α-hetero) is 1. The maximum Gasteiger partial charge on any atom is 0.310 e. The van der Waals surface area contributed by atoms with Crippen LogP contribution in [-0.2, 0) is 44.5 Å². The number of hydrogen-bond donors (Lipinski definition) is 0. The molecular formula is C32H40O8. The van der Waals surface area contributed by atoms with Crippen LogP contribution in [0.25, 0.3) is 0 Å². The Balaban J connectivity index is 1.61. The third-order valence-corrected chi connectivity index (χ3v) is 9.71. The number of benzene rings is 1. The van der Waals surface area contributed by atoms with Crippen molar-refractivity contribution in [3.8, 4) is 0 Å². The molecule has 1 heterocycles. The zero-order valence-corrected chi connectivity index (χ0v) is 24.2. The van der Waals surface area contributed by atoms with Gasteiger partial charge in [0, 0.05) is 20.3 Å². The number of ketones is 1. The predicted molar refractivity (Wildman–Crippen MR) is 145 cm³/mol. The number of allylic oxidation sites excluding steroid dienone is 1. The molecule has 3 aliphatic carbocycles. The number of rotatable bonds is 5. The number of carbonyl (C=O) groups is 4. The molecule has 1 saturated heterocycles. The van der Waals surface area contributed by atoms with Crippen LogP contribution in [0.5, 0.6) is 0 Å². The molecule has 8 nitrogen and oxygen atoms in total. The van der Waals surface area contributed by atoms with Crippen molar-refractivity contribution in [1.29, 1.82) is 0 Å². The van der Waals surface area contributed by atoms with E-state index >= 15 is 0 Å². The number of epoxide rings is 1. The highest BCUT2D eigenvalue weighted by Gasteiger charge is 2.71. The summed E-state index contributed by atoms with van der Waals surface area (Å²) in [6.07, 6.45) is 1.85. The molecule has 4 aliphatic rings. The summed E-state index contributed by atoms with van der Waals surface area (Å²) >= 11 is 0. The Kier molecular flexibility index (Phi) is 7.22. The van der Waals surface area contributed by atoms with Crippen molar-refractivity contribution in [2.45, 2.75) is 90.6 Å². The quantitative estimate of drug-likeness (QED) is 0.301. The minimum atomic E-state index is -1.68. The molecule has 8 atom stereocenters. The lowest BCUT2D eigenvalue weighted by Gasteiger charge is -2.41. The second-order valence-electron chi connectivity index (χ2n) is 12.9.